The molecule has 3 N–H and O–H groups in total. The molecule has 0 heterocycles. The van der Waals surface area contributed by atoms with Crippen molar-refractivity contribution in [3.8, 4) is 0 Å². The number of benzene rings is 2. The molecule has 0 atom stereocenters. The highest BCUT2D eigenvalue weighted by molar-refractivity contribution is 9.10. The van der Waals surface area contributed by atoms with E-state index in [1.807, 2.05) is 0 Å². The van der Waals surface area contributed by atoms with Gasteiger partial charge in [0.1, 0.15) is 0 Å². The molecule has 0 bridgehead atoms. The lowest BCUT2D eigenvalue weighted by Gasteiger charge is -2.08. The second-order valence-electron chi connectivity index (χ2n) is 5.48. The Kier molecular flexibility index (Phi) is 7.06. The van der Waals surface area contributed by atoms with Crippen molar-refractivity contribution in [3.05, 3.63) is 63.6 Å². The Morgan fingerprint density at radius 3 is 2.52 bits per heavy atom. The summed E-state index contributed by atoms with van der Waals surface area (Å²) in [5.41, 5.74) is 2.72. The number of sulfonamides is 1. The van der Waals surface area contributed by atoms with E-state index in [1.165, 1.54) is 29.3 Å². The highest BCUT2D eigenvalue weighted by Gasteiger charge is 2.15. The van der Waals surface area contributed by atoms with Crippen LogP contribution in [0.25, 0.3) is 0 Å². The third-order valence-electron chi connectivity index (χ3n) is 3.43. The molecule has 1 amide bonds. The van der Waals surface area contributed by atoms with Gasteiger partial charge in [0.2, 0.25) is 10.0 Å². The monoisotopic (exact) mass is 442 g/mol. The number of rotatable bonds is 7. The smallest absolute Gasteiger partial charge is 0.252 e. The lowest BCUT2D eigenvalue weighted by molar-refractivity contribution is 0.0955. The molecule has 2 aromatic carbocycles. The van der Waals surface area contributed by atoms with Gasteiger partial charge >= 0.3 is 0 Å². The molecule has 0 unspecified atom stereocenters. The number of primary sulfonamides is 1. The molecule has 5 nitrogen and oxygen atoms in total. The van der Waals surface area contributed by atoms with Gasteiger partial charge < -0.3 is 5.32 Å². The molecule has 134 valence electrons. The van der Waals surface area contributed by atoms with Crippen molar-refractivity contribution in [2.75, 3.05) is 12.3 Å². The first-order valence-corrected chi connectivity index (χ1v) is 11.0. The summed E-state index contributed by atoms with van der Waals surface area (Å²) in [6.45, 7) is 2.54. The van der Waals surface area contributed by atoms with Gasteiger partial charge in [-0.05, 0) is 46.6 Å². The number of hydrogen-bond donors (Lipinski definition) is 2. The molecule has 0 fully saturated rings. The van der Waals surface area contributed by atoms with E-state index < -0.39 is 10.0 Å². The van der Waals surface area contributed by atoms with E-state index in [0.717, 1.165) is 11.5 Å². The second kappa shape index (κ2) is 8.84. The summed E-state index contributed by atoms with van der Waals surface area (Å²) in [6, 6.07) is 12.5. The first-order chi connectivity index (χ1) is 11.8. The molecular weight excluding hydrogens is 424 g/mol. The summed E-state index contributed by atoms with van der Waals surface area (Å²) in [5, 5.41) is 7.89. The highest BCUT2D eigenvalue weighted by Crippen LogP contribution is 2.20. The number of nitrogens with one attached hydrogen (secondary N) is 1. The summed E-state index contributed by atoms with van der Waals surface area (Å²) in [5.74, 6) is 1.29. The predicted molar refractivity (Wildman–Crippen MR) is 105 cm³/mol. The standard InChI is InChI=1S/C17H19BrN2O3S2/c1-12-2-4-13(5-3-12)11-24-9-8-20-17(21)15-10-14(25(19,22)23)6-7-16(15)18/h2-7,10H,8-9,11H2,1H3,(H,20,21)(H2,19,22,23). The van der Waals surface area contributed by atoms with Gasteiger partial charge in [-0.2, -0.15) is 11.8 Å². The van der Waals surface area contributed by atoms with Crippen molar-refractivity contribution in [1.29, 1.82) is 0 Å². The molecule has 0 spiro atoms. The van der Waals surface area contributed by atoms with Crippen LogP contribution in [0.5, 0.6) is 0 Å². The van der Waals surface area contributed by atoms with Crippen molar-refractivity contribution in [1.82, 2.24) is 5.32 Å². The number of hydrogen-bond acceptors (Lipinski definition) is 4. The van der Waals surface area contributed by atoms with Gasteiger partial charge in [0.25, 0.3) is 5.91 Å². The Balaban J connectivity index is 1.85. The normalized spacial score (nSPS) is 11.3. The van der Waals surface area contributed by atoms with E-state index in [-0.39, 0.29) is 16.4 Å². The number of halogens is 1. The largest absolute Gasteiger partial charge is 0.351 e. The third-order valence-corrected chi connectivity index (χ3v) is 6.07. The molecule has 2 aromatic rings. The van der Waals surface area contributed by atoms with E-state index in [1.54, 1.807) is 11.8 Å². The van der Waals surface area contributed by atoms with Crippen molar-refractivity contribution >= 4 is 43.6 Å². The van der Waals surface area contributed by atoms with Gasteiger partial charge in [-0.1, -0.05) is 29.8 Å². The van der Waals surface area contributed by atoms with Crippen molar-refractivity contribution in [2.24, 2.45) is 5.14 Å². The number of amides is 1. The summed E-state index contributed by atoms with van der Waals surface area (Å²) >= 11 is 4.97. The van der Waals surface area contributed by atoms with Gasteiger partial charge in [0.05, 0.1) is 10.5 Å². The van der Waals surface area contributed by atoms with Crippen LogP contribution in [0.15, 0.2) is 51.8 Å². The molecule has 8 heteroatoms. The maximum atomic E-state index is 12.2. The highest BCUT2D eigenvalue weighted by atomic mass is 79.9. The maximum Gasteiger partial charge on any atom is 0.252 e. The topological polar surface area (TPSA) is 89.3 Å². The minimum atomic E-state index is -3.84. The van der Waals surface area contributed by atoms with Crippen molar-refractivity contribution < 1.29 is 13.2 Å². The number of carbonyl (C=O) groups excluding carboxylic acids is 1. The van der Waals surface area contributed by atoms with Gasteiger partial charge in [-0.15, -0.1) is 0 Å². The van der Waals surface area contributed by atoms with Crippen LogP contribution in [0.4, 0.5) is 0 Å². The maximum absolute atomic E-state index is 12.2. The van der Waals surface area contributed by atoms with Crippen LogP contribution in [0.1, 0.15) is 21.5 Å². The van der Waals surface area contributed by atoms with Crippen molar-refractivity contribution in [2.45, 2.75) is 17.6 Å². The van der Waals surface area contributed by atoms with Crippen LogP contribution in [-0.2, 0) is 15.8 Å². The first kappa shape index (κ1) is 20.0. The molecule has 2 rings (SSSR count). The van der Waals surface area contributed by atoms with Crippen LogP contribution in [0.2, 0.25) is 0 Å². The summed E-state index contributed by atoms with van der Waals surface area (Å²) in [6.07, 6.45) is 0. The lowest BCUT2D eigenvalue weighted by atomic mass is 10.2. The molecule has 0 aliphatic heterocycles. The Hall–Kier alpha value is -1.35. The number of nitrogens with two attached hydrogens (primary N) is 1. The molecule has 0 aromatic heterocycles. The van der Waals surface area contributed by atoms with Gasteiger partial charge in [0, 0.05) is 22.5 Å². The Morgan fingerprint density at radius 2 is 1.88 bits per heavy atom. The third kappa shape index (κ3) is 6.14. The SMILES string of the molecule is Cc1ccc(CSCCNC(=O)c2cc(S(N)(=O)=O)ccc2Br)cc1. The molecule has 0 aliphatic rings. The van der Waals surface area contributed by atoms with Gasteiger partial charge in [-0.3, -0.25) is 4.79 Å². The average Bonchev–Trinajstić information content (AvgIpc) is 2.55. The van der Waals surface area contributed by atoms with Gasteiger partial charge in [-0.25, -0.2) is 13.6 Å². The van der Waals surface area contributed by atoms with Crippen LogP contribution in [-0.4, -0.2) is 26.6 Å². The van der Waals surface area contributed by atoms with E-state index in [4.69, 9.17) is 5.14 Å². The lowest BCUT2D eigenvalue weighted by Crippen LogP contribution is -2.26. The van der Waals surface area contributed by atoms with E-state index in [0.29, 0.717) is 11.0 Å². The van der Waals surface area contributed by atoms with E-state index in [9.17, 15) is 13.2 Å². The predicted octanol–water partition coefficient (Wildman–Crippen LogP) is 3.07. The van der Waals surface area contributed by atoms with Crippen LogP contribution < -0.4 is 10.5 Å². The average molecular weight is 443 g/mol. The zero-order valence-corrected chi connectivity index (χ0v) is 16.9. The zero-order chi connectivity index (χ0) is 18.4. The molecule has 0 aliphatic carbocycles. The fraction of sp³-hybridized carbons (Fsp3) is 0.235. The minimum Gasteiger partial charge on any atom is -0.351 e. The van der Waals surface area contributed by atoms with E-state index >= 15 is 0 Å². The summed E-state index contributed by atoms with van der Waals surface area (Å²) in [4.78, 5) is 12.1. The van der Waals surface area contributed by atoms with Crippen molar-refractivity contribution in [3.63, 3.8) is 0 Å². The van der Waals surface area contributed by atoms with Crippen LogP contribution in [0, 0.1) is 6.92 Å². The quantitative estimate of drug-likeness (QED) is 0.644. The van der Waals surface area contributed by atoms with Crippen LogP contribution >= 0.6 is 27.7 Å². The van der Waals surface area contributed by atoms with Gasteiger partial charge in [0.15, 0.2) is 0 Å². The molecule has 0 saturated carbocycles. The number of carbonyl (C=O) groups is 1. The van der Waals surface area contributed by atoms with Crippen LogP contribution in [0.3, 0.4) is 0 Å². The van der Waals surface area contributed by atoms with E-state index in [2.05, 4.69) is 52.4 Å². The minimum absolute atomic E-state index is 0.0883. The molecule has 0 radical (unpaired) electrons. The molecule has 25 heavy (non-hydrogen) atoms. The fourth-order valence-corrected chi connectivity index (χ4v) is 3.85. The number of thioether (sulfide) groups is 1. The Bertz CT molecular complexity index is 853. The Morgan fingerprint density at radius 1 is 1.20 bits per heavy atom. The fourth-order valence-electron chi connectivity index (χ4n) is 2.06. The molecule has 0 saturated heterocycles. The number of aryl methyl sites for hydroxylation is 1. The summed E-state index contributed by atoms with van der Waals surface area (Å²) in [7, 11) is -3.84. The first-order valence-electron chi connectivity index (χ1n) is 7.51. The Labute approximate surface area is 160 Å². The molecular formula is C17H19BrN2O3S2. The summed E-state index contributed by atoms with van der Waals surface area (Å²) < 4.78 is 23.3. The zero-order valence-electron chi connectivity index (χ0n) is 13.7. The second-order valence-corrected chi connectivity index (χ2v) is 9.00.